The monoisotopic (exact) mass is 1150 g/mol. The van der Waals surface area contributed by atoms with E-state index >= 15 is 0 Å². The van der Waals surface area contributed by atoms with Gasteiger partial charge in [0.15, 0.2) is 6.10 Å². The van der Waals surface area contributed by atoms with Gasteiger partial charge in [0.1, 0.15) is 13.2 Å². The van der Waals surface area contributed by atoms with Crippen molar-refractivity contribution < 1.29 is 28.6 Å². The van der Waals surface area contributed by atoms with Crippen LogP contribution in [0.2, 0.25) is 0 Å². The van der Waals surface area contributed by atoms with Crippen LogP contribution in [0.25, 0.3) is 0 Å². The summed E-state index contributed by atoms with van der Waals surface area (Å²) in [5.41, 5.74) is 0. The highest BCUT2D eigenvalue weighted by Gasteiger charge is 2.19. The van der Waals surface area contributed by atoms with Crippen molar-refractivity contribution in [1.29, 1.82) is 0 Å². The number of allylic oxidation sites excluding steroid dienone is 10. The number of hydrogen-bond donors (Lipinski definition) is 0. The molecule has 0 saturated heterocycles. The van der Waals surface area contributed by atoms with Crippen molar-refractivity contribution in [3.05, 3.63) is 60.8 Å². The lowest BCUT2D eigenvalue weighted by Gasteiger charge is -2.18. The van der Waals surface area contributed by atoms with Crippen LogP contribution in [0.1, 0.15) is 387 Å². The number of hydrogen-bond acceptors (Lipinski definition) is 6. The summed E-state index contributed by atoms with van der Waals surface area (Å²) < 4.78 is 17.0. The maximum Gasteiger partial charge on any atom is 0.306 e. The molecule has 1 atom stereocenters. The number of carbonyl (C=O) groups excluding carboxylic acids is 3. The zero-order valence-electron chi connectivity index (χ0n) is 55.0. The van der Waals surface area contributed by atoms with Crippen LogP contribution in [0.4, 0.5) is 0 Å². The zero-order chi connectivity index (χ0) is 59.2. The minimum atomic E-state index is -0.773. The molecule has 0 amide bonds. The van der Waals surface area contributed by atoms with Crippen LogP contribution in [0, 0.1) is 0 Å². The average molecular weight is 1150 g/mol. The van der Waals surface area contributed by atoms with E-state index in [1.807, 2.05) is 0 Å². The Morgan fingerprint density at radius 3 is 0.756 bits per heavy atom. The fourth-order valence-corrected chi connectivity index (χ4v) is 10.8. The number of unbranched alkanes of at least 4 members (excludes halogenated alkanes) is 46. The van der Waals surface area contributed by atoms with Gasteiger partial charge in [0.25, 0.3) is 0 Å². The largest absolute Gasteiger partial charge is 0.462 e. The predicted molar refractivity (Wildman–Crippen MR) is 358 cm³/mol. The van der Waals surface area contributed by atoms with Crippen molar-refractivity contribution in [2.24, 2.45) is 0 Å². The second-order valence-electron chi connectivity index (χ2n) is 24.5. The third-order valence-corrected chi connectivity index (χ3v) is 16.3. The van der Waals surface area contributed by atoms with Gasteiger partial charge in [0.05, 0.1) is 0 Å². The van der Waals surface area contributed by atoms with Gasteiger partial charge in [-0.05, 0) is 83.5 Å². The Morgan fingerprint density at radius 1 is 0.256 bits per heavy atom. The molecule has 0 saturated carbocycles. The summed E-state index contributed by atoms with van der Waals surface area (Å²) in [6.07, 6.45) is 91.1. The Balaban J connectivity index is 4.23. The Bertz CT molecular complexity index is 1460. The molecule has 0 radical (unpaired) electrons. The van der Waals surface area contributed by atoms with Crippen LogP contribution in [0.15, 0.2) is 60.8 Å². The third kappa shape index (κ3) is 67.9. The van der Waals surface area contributed by atoms with Crippen LogP contribution in [0.3, 0.4) is 0 Å². The molecule has 0 aliphatic carbocycles. The van der Waals surface area contributed by atoms with E-state index in [9.17, 15) is 14.4 Å². The smallest absolute Gasteiger partial charge is 0.306 e. The lowest BCUT2D eigenvalue weighted by atomic mass is 10.0. The SMILES string of the molecule is CC/C=C\C/C=C\C/C=C\C/C=C\CCCCCCCCCCCCCCCCCCC(=O)OCC(COC(=O)CCCCCCCCCCCCCCCC)OC(=O)CCCCCCCCCCC/C=C\CCCCCCCCCC. The lowest BCUT2D eigenvalue weighted by Crippen LogP contribution is -2.30. The van der Waals surface area contributed by atoms with Crippen LogP contribution in [-0.4, -0.2) is 37.2 Å². The van der Waals surface area contributed by atoms with E-state index in [1.165, 1.54) is 263 Å². The molecule has 0 aliphatic heterocycles. The van der Waals surface area contributed by atoms with E-state index in [0.717, 1.165) is 83.5 Å². The van der Waals surface area contributed by atoms with Gasteiger partial charge in [0.2, 0.25) is 0 Å². The van der Waals surface area contributed by atoms with E-state index in [2.05, 4.69) is 81.5 Å². The van der Waals surface area contributed by atoms with Gasteiger partial charge in [-0.1, -0.05) is 345 Å². The summed E-state index contributed by atoms with van der Waals surface area (Å²) in [5, 5.41) is 0. The second kappa shape index (κ2) is 70.6. The molecule has 0 aliphatic rings. The molecule has 0 rings (SSSR count). The van der Waals surface area contributed by atoms with Gasteiger partial charge in [-0.3, -0.25) is 14.4 Å². The van der Waals surface area contributed by atoms with Crippen molar-refractivity contribution in [3.8, 4) is 0 Å². The highest BCUT2D eigenvalue weighted by atomic mass is 16.6. The molecule has 6 nitrogen and oxygen atoms in total. The average Bonchev–Trinajstić information content (AvgIpc) is 3.47. The third-order valence-electron chi connectivity index (χ3n) is 16.3. The quantitative estimate of drug-likeness (QED) is 0.0261. The van der Waals surface area contributed by atoms with Crippen LogP contribution >= 0.6 is 0 Å². The first-order valence-electron chi connectivity index (χ1n) is 36.3. The van der Waals surface area contributed by atoms with Gasteiger partial charge < -0.3 is 14.2 Å². The fraction of sp³-hybridized carbons (Fsp3) is 0.829. The summed E-state index contributed by atoms with van der Waals surface area (Å²) in [6, 6.07) is 0. The number of carbonyl (C=O) groups is 3. The summed E-state index contributed by atoms with van der Waals surface area (Å²) in [4.78, 5) is 38.5. The number of rotatable bonds is 67. The minimum absolute atomic E-state index is 0.0688. The molecule has 0 aromatic heterocycles. The second-order valence-corrected chi connectivity index (χ2v) is 24.5. The van der Waals surface area contributed by atoms with Crippen molar-refractivity contribution >= 4 is 17.9 Å². The fourth-order valence-electron chi connectivity index (χ4n) is 10.8. The van der Waals surface area contributed by atoms with Crippen molar-refractivity contribution in [3.63, 3.8) is 0 Å². The van der Waals surface area contributed by atoms with E-state index in [-0.39, 0.29) is 31.1 Å². The Morgan fingerprint density at radius 2 is 0.476 bits per heavy atom. The molecule has 0 bridgehead atoms. The van der Waals surface area contributed by atoms with Gasteiger partial charge in [0, 0.05) is 19.3 Å². The van der Waals surface area contributed by atoms with Gasteiger partial charge in [-0.2, -0.15) is 0 Å². The van der Waals surface area contributed by atoms with Gasteiger partial charge in [-0.25, -0.2) is 0 Å². The van der Waals surface area contributed by atoms with E-state index in [1.54, 1.807) is 0 Å². The maximum absolute atomic E-state index is 13.0. The Hall–Kier alpha value is -2.89. The standard InChI is InChI=1S/C76H138O6/c1-4-7-10-13-16-19-22-25-28-30-32-34-35-36-37-38-39-40-41-43-44-46-48-51-54-57-60-63-66-69-75(78)81-72-73(71-80-74(77)68-65-62-59-56-53-50-27-24-21-18-15-12-9-6-3)82-76(79)70-67-64-61-58-55-52-49-47-45-42-33-31-29-26-23-20-17-14-11-8-5-2/h7,10,16,19,25,28,31-34,73H,4-6,8-9,11-15,17-18,20-24,26-27,29-30,35-72H2,1-3H3/b10-7-,19-16-,28-25-,33-31-,34-32-. The molecule has 1 unspecified atom stereocenters. The first kappa shape index (κ1) is 79.1. The predicted octanol–water partition coefficient (Wildman–Crippen LogP) is 25.1. The Kier molecular flexibility index (Phi) is 68.1. The summed E-state index contributed by atoms with van der Waals surface area (Å²) in [7, 11) is 0. The molecule has 0 fully saturated rings. The number of ether oxygens (including phenoxy) is 3. The summed E-state index contributed by atoms with van der Waals surface area (Å²) in [5.74, 6) is -0.843. The Labute approximate surface area is 510 Å². The summed E-state index contributed by atoms with van der Waals surface area (Å²) in [6.45, 7) is 6.59. The van der Waals surface area contributed by atoms with Crippen molar-refractivity contribution in [2.45, 2.75) is 393 Å². The normalized spacial score (nSPS) is 12.4. The van der Waals surface area contributed by atoms with E-state index in [4.69, 9.17) is 14.2 Å². The van der Waals surface area contributed by atoms with Crippen LogP contribution < -0.4 is 0 Å². The highest BCUT2D eigenvalue weighted by Crippen LogP contribution is 2.18. The summed E-state index contributed by atoms with van der Waals surface area (Å²) >= 11 is 0. The van der Waals surface area contributed by atoms with E-state index in [0.29, 0.717) is 19.3 Å². The van der Waals surface area contributed by atoms with Gasteiger partial charge in [-0.15, -0.1) is 0 Å². The molecule has 0 spiro atoms. The minimum Gasteiger partial charge on any atom is -0.462 e. The molecular weight excluding hydrogens is 1010 g/mol. The van der Waals surface area contributed by atoms with E-state index < -0.39 is 6.10 Å². The topological polar surface area (TPSA) is 78.9 Å². The molecule has 82 heavy (non-hydrogen) atoms. The first-order valence-corrected chi connectivity index (χ1v) is 36.3. The number of esters is 3. The molecule has 0 aromatic rings. The molecule has 0 heterocycles. The molecule has 0 aromatic carbocycles. The molecular formula is C76H138O6. The molecule has 0 N–H and O–H groups in total. The van der Waals surface area contributed by atoms with Crippen LogP contribution in [0.5, 0.6) is 0 Å². The molecule has 6 heteroatoms. The molecule has 478 valence electrons. The van der Waals surface area contributed by atoms with Crippen molar-refractivity contribution in [1.82, 2.24) is 0 Å². The highest BCUT2D eigenvalue weighted by molar-refractivity contribution is 5.71. The first-order chi connectivity index (χ1) is 40.5. The maximum atomic E-state index is 13.0. The lowest BCUT2D eigenvalue weighted by molar-refractivity contribution is -0.167. The zero-order valence-corrected chi connectivity index (χ0v) is 55.0. The van der Waals surface area contributed by atoms with Gasteiger partial charge >= 0.3 is 17.9 Å². The van der Waals surface area contributed by atoms with Crippen molar-refractivity contribution in [2.75, 3.05) is 13.2 Å². The van der Waals surface area contributed by atoms with Crippen LogP contribution in [-0.2, 0) is 28.6 Å².